The fourth-order valence-corrected chi connectivity index (χ4v) is 2.32. The van der Waals surface area contributed by atoms with E-state index in [-0.39, 0.29) is 24.0 Å². The molecule has 3 N–H and O–H groups in total. The number of methoxy groups -OCH3 is 1. The fourth-order valence-electron chi connectivity index (χ4n) is 2.06. The number of aromatic nitrogens is 1. The molecule has 0 aliphatic heterocycles. The fraction of sp³-hybridized carbons (Fsp3) is 0.250. The molecule has 0 aliphatic rings. The SMILES string of the molecule is COc1ccc(NC(N)=NCc2cccnc2N(C)C)cc1Cl.I. The Hall–Kier alpha value is -1.74. The van der Waals surface area contributed by atoms with Gasteiger partial charge in [0.1, 0.15) is 11.6 Å². The molecular formula is C16H21ClIN5O. The quantitative estimate of drug-likeness (QED) is 0.406. The first-order valence-electron chi connectivity index (χ1n) is 7.03. The second-order valence-corrected chi connectivity index (χ2v) is 5.46. The largest absolute Gasteiger partial charge is 0.495 e. The molecule has 0 atom stereocenters. The van der Waals surface area contributed by atoms with Crippen LogP contribution in [-0.2, 0) is 6.54 Å². The van der Waals surface area contributed by atoms with Crippen LogP contribution in [0.4, 0.5) is 11.5 Å². The van der Waals surface area contributed by atoms with E-state index in [1.807, 2.05) is 37.2 Å². The summed E-state index contributed by atoms with van der Waals surface area (Å²) in [5.41, 5.74) is 7.67. The minimum Gasteiger partial charge on any atom is -0.495 e. The van der Waals surface area contributed by atoms with Gasteiger partial charge in [0.05, 0.1) is 18.7 Å². The van der Waals surface area contributed by atoms with Crippen molar-refractivity contribution in [2.45, 2.75) is 6.54 Å². The highest BCUT2D eigenvalue weighted by molar-refractivity contribution is 14.0. The average molecular weight is 462 g/mol. The van der Waals surface area contributed by atoms with E-state index < -0.39 is 0 Å². The Kier molecular flexibility index (Phi) is 8.06. The van der Waals surface area contributed by atoms with E-state index >= 15 is 0 Å². The van der Waals surface area contributed by atoms with E-state index in [2.05, 4.69) is 15.3 Å². The Morgan fingerprint density at radius 3 is 2.75 bits per heavy atom. The van der Waals surface area contributed by atoms with Crippen LogP contribution < -0.4 is 20.7 Å². The molecule has 0 bridgehead atoms. The maximum absolute atomic E-state index is 6.08. The second kappa shape index (κ2) is 9.53. The number of anilines is 2. The van der Waals surface area contributed by atoms with Crippen LogP contribution in [0.15, 0.2) is 41.5 Å². The number of halogens is 2. The van der Waals surface area contributed by atoms with E-state index in [0.717, 1.165) is 17.1 Å². The molecule has 2 rings (SSSR count). The summed E-state index contributed by atoms with van der Waals surface area (Å²) in [5, 5.41) is 3.51. The lowest BCUT2D eigenvalue weighted by atomic mass is 10.2. The lowest BCUT2D eigenvalue weighted by Gasteiger charge is -2.14. The van der Waals surface area contributed by atoms with Crippen molar-refractivity contribution >= 4 is 53.0 Å². The Bertz CT molecular complexity index is 709. The maximum atomic E-state index is 6.08. The number of hydrogen-bond acceptors (Lipinski definition) is 4. The van der Waals surface area contributed by atoms with Crippen molar-refractivity contribution in [1.82, 2.24) is 4.98 Å². The van der Waals surface area contributed by atoms with Crippen LogP contribution in [0.2, 0.25) is 5.02 Å². The highest BCUT2D eigenvalue weighted by Gasteiger charge is 2.05. The minimum absolute atomic E-state index is 0. The molecule has 130 valence electrons. The topological polar surface area (TPSA) is 75.8 Å². The third-order valence-corrected chi connectivity index (χ3v) is 3.43. The van der Waals surface area contributed by atoms with Gasteiger partial charge >= 0.3 is 0 Å². The summed E-state index contributed by atoms with van der Waals surface area (Å²) in [4.78, 5) is 10.6. The van der Waals surface area contributed by atoms with Crippen molar-refractivity contribution < 1.29 is 4.74 Å². The van der Waals surface area contributed by atoms with Crippen LogP contribution in [-0.4, -0.2) is 32.1 Å². The molecule has 1 aromatic carbocycles. The molecule has 1 aromatic heterocycles. The van der Waals surface area contributed by atoms with Gasteiger partial charge in [0.15, 0.2) is 5.96 Å². The molecule has 0 saturated heterocycles. The first-order valence-corrected chi connectivity index (χ1v) is 7.40. The molecule has 8 heteroatoms. The highest BCUT2D eigenvalue weighted by atomic mass is 127. The number of benzene rings is 1. The summed E-state index contributed by atoms with van der Waals surface area (Å²) in [6.45, 7) is 0.435. The number of nitrogens with zero attached hydrogens (tertiary/aromatic N) is 3. The molecule has 0 spiro atoms. The van der Waals surface area contributed by atoms with Gasteiger partial charge < -0.3 is 20.7 Å². The van der Waals surface area contributed by atoms with Crippen LogP contribution in [0.1, 0.15) is 5.56 Å². The minimum atomic E-state index is 0. The van der Waals surface area contributed by atoms with Gasteiger partial charge in [-0.2, -0.15) is 0 Å². The zero-order chi connectivity index (χ0) is 16.8. The average Bonchev–Trinajstić information content (AvgIpc) is 2.53. The summed E-state index contributed by atoms with van der Waals surface area (Å²) in [7, 11) is 5.45. The van der Waals surface area contributed by atoms with Crippen molar-refractivity contribution in [3.05, 3.63) is 47.1 Å². The molecule has 0 radical (unpaired) electrons. The second-order valence-electron chi connectivity index (χ2n) is 5.06. The maximum Gasteiger partial charge on any atom is 0.193 e. The summed E-state index contributed by atoms with van der Waals surface area (Å²) in [6.07, 6.45) is 1.75. The predicted molar refractivity (Wildman–Crippen MR) is 111 cm³/mol. The summed E-state index contributed by atoms with van der Waals surface area (Å²) < 4.78 is 5.11. The van der Waals surface area contributed by atoms with Gasteiger partial charge in [-0.15, -0.1) is 24.0 Å². The lowest BCUT2D eigenvalue weighted by molar-refractivity contribution is 0.415. The van der Waals surface area contributed by atoms with Crippen LogP contribution in [0.25, 0.3) is 0 Å². The monoisotopic (exact) mass is 461 g/mol. The Balaban J connectivity index is 0.00000288. The summed E-state index contributed by atoms with van der Waals surface area (Å²) in [5.74, 6) is 1.79. The van der Waals surface area contributed by atoms with Crippen LogP contribution in [0, 0.1) is 0 Å². The van der Waals surface area contributed by atoms with Gasteiger partial charge in [-0.3, -0.25) is 0 Å². The summed E-state index contributed by atoms with van der Waals surface area (Å²) >= 11 is 6.08. The number of nitrogens with two attached hydrogens (primary N) is 1. The van der Waals surface area contributed by atoms with Gasteiger partial charge in [-0.05, 0) is 24.3 Å². The number of nitrogens with one attached hydrogen (secondary N) is 1. The first-order chi connectivity index (χ1) is 11.0. The standard InChI is InChI=1S/C16H20ClN5O.HI/c1-22(2)15-11(5-4-8-19-15)10-20-16(18)21-12-6-7-14(23-3)13(17)9-12;/h4-9H,10H2,1-3H3,(H3,18,20,21);1H. The molecule has 0 fully saturated rings. The van der Waals surface area contributed by atoms with E-state index in [4.69, 9.17) is 22.1 Å². The Labute approximate surface area is 164 Å². The molecule has 0 unspecified atom stereocenters. The van der Waals surface area contributed by atoms with Crippen LogP contribution in [0.5, 0.6) is 5.75 Å². The van der Waals surface area contributed by atoms with E-state index in [9.17, 15) is 0 Å². The third-order valence-electron chi connectivity index (χ3n) is 3.14. The number of ether oxygens (including phenoxy) is 1. The van der Waals surface area contributed by atoms with Crippen molar-refractivity contribution in [3.8, 4) is 5.75 Å². The Morgan fingerprint density at radius 1 is 1.38 bits per heavy atom. The zero-order valence-corrected chi connectivity index (χ0v) is 16.9. The van der Waals surface area contributed by atoms with Gasteiger partial charge in [-0.1, -0.05) is 17.7 Å². The highest BCUT2D eigenvalue weighted by Crippen LogP contribution is 2.27. The van der Waals surface area contributed by atoms with E-state index in [0.29, 0.717) is 23.3 Å². The van der Waals surface area contributed by atoms with Crippen molar-refractivity contribution in [1.29, 1.82) is 0 Å². The lowest BCUT2D eigenvalue weighted by Crippen LogP contribution is -2.23. The number of guanidine groups is 1. The van der Waals surface area contributed by atoms with E-state index in [1.54, 1.807) is 25.4 Å². The molecule has 0 amide bonds. The van der Waals surface area contributed by atoms with Crippen LogP contribution in [0.3, 0.4) is 0 Å². The van der Waals surface area contributed by atoms with E-state index in [1.165, 1.54) is 0 Å². The zero-order valence-electron chi connectivity index (χ0n) is 13.8. The van der Waals surface area contributed by atoms with Crippen LogP contribution >= 0.6 is 35.6 Å². The smallest absolute Gasteiger partial charge is 0.193 e. The third kappa shape index (κ3) is 5.41. The predicted octanol–water partition coefficient (Wildman–Crippen LogP) is 3.35. The molecule has 6 nitrogen and oxygen atoms in total. The van der Waals surface area contributed by atoms with Gasteiger partial charge in [0.25, 0.3) is 0 Å². The Morgan fingerprint density at radius 2 is 2.12 bits per heavy atom. The van der Waals surface area contributed by atoms with Gasteiger partial charge in [0, 0.05) is 31.5 Å². The molecule has 24 heavy (non-hydrogen) atoms. The number of rotatable bonds is 5. The van der Waals surface area contributed by atoms with Gasteiger partial charge in [-0.25, -0.2) is 9.98 Å². The normalized spacial score (nSPS) is 10.8. The number of hydrogen-bond donors (Lipinski definition) is 2. The first kappa shape index (κ1) is 20.3. The molecule has 0 saturated carbocycles. The molecule has 1 heterocycles. The molecular weight excluding hydrogens is 441 g/mol. The van der Waals surface area contributed by atoms with Crippen molar-refractivity contribution in [3.63, 3.8) is 0 Å². The molecule has 2 aromatic rings. The van der Waals surface area contributed by atoms with Gasteiger partial charge in [0.2, 0.25) is 0 Å². The number of pyridine rings is 1. The molecule has 0 aliphatic carbocycles. The summed E-state index contributed by atoms with van der Waals surface area (Å²) in [6, 6.07) is 9.18. The van der Waals surface area contributed by atoms with Crippen molar-refractivity contribution in [2.24, 2.45) is 10.7 Å². The van der Waals surface area contributed by atoms with Crippen molar-refractivity contribution in [2.75, 3.05) is 31.4 Å². The number of aliphatic imine (C=N–C) groups is 1.